The number of carbonyl (C=O) groups is 1. The summed E-state index contributed by atoms with van der Waals surface area (Å²) in [6.45, 7) is 8.85. The van der Waals surface area contributed by atoms with E-state index in [0.717, 1.165) is 6.54 Å². The van der Waals surface area contributed by atoms with Gasteiger partial charge in [-0.1, -0.05) is 13.8 Å². The van der Waals surface area contributed by atoms with Crippen LogP contribution in [0.15, 0.2) is 23.2 Å². The normalized spacial score (nSPS) is 17.2. The van der Waals surface area contributed by atoms with Crippen molar-refractivity contribution in [2.75, 3.05) is 39.6 Å². The van der Waals surface area contributed by atoms with E-state index in [9.17, 15) is 4.79 Å². The van der Waals surface area contributed by atoms with E-state index in [1.807, 2.05) is 0 Å². The molecule has 1 amide bonds. The van der Waals surface area contributed by atoms with Crippen LogP contribution in [0.25, 0.3) is 0 Å². The van der Waals surface area contributed by atoms with Crippen LogP contribution in [0.5, 0.6) is 11.5 Å². The summed E-state index contributed by atoms with van der Waals surface area (Å²) in [6.07, 6.45) is 3.91. The Balaban J connectivity index is 1.59. The Morgan fingerprint density at radius 1 is 1.22 bits per heavy atom. The smallest absolute Gasteiger partial charge is 0.291 e. The lowest BCUT2D eigenvalue weighted by Gasteiger charge is -2.22. The van der Waals surface area contributed by atoms with E-state index in [2.05, 4.69) is 24.2 Å². The van der Waals surface area contributed by atoms with Gasteiger partial charge in [-0.2, -0.15) is 0 Å². The van der Waals surface area contributed by atoms with Gasteiger partial charge in [0.2, 0.25) is 6.79 Å². The molecule has 2 aliphatic rings. The number of nitrogens with zero attached hydrogens (tertiary/aromatic N) is 1. The monoisotopic (exact) mass is 376 g/mol. The van der Waals surface area contributed by atoms with Gasteiger partial charge in [0.05, 0.1) is 32.8 Å². The fourth-order valence-electron chi connectivity index (χ4n) is 3.19. The van der Waals surface area contributed by atoms with Crippen molar-refractivity contribution in [1.29, 1.82) is 0 Å². The van der Waals surface area contributed by atoms with Crippen molar-refractivity contribution < 1.29 is 23.9 Å². The molecule has 2 heterocycles. The van der Waals surface area contributed by atoms with Crippen molar-refractivity contribution in [3.05, 3.63) is 23.8 Å². The zero-order valence-electron chi connectivity index (χ0n) is 16.3. The van der Waals surface area contributed by atoms with E-state index in [1.165, 1.54) is 32.4 Å². The molecular formula is C20H30N3O4+. The number of quaternary nitrogens is 1. The van der Waals surface area contributed by atoms with Gasteiger partial charge in [-0.25, -0.2) is 4.99 Å². The third-order valence-electron chi connectivity index (χ3n) is 4.69. The summed E-state index contributed by atoms with van der Waals surface area (Å²) in [4.78, 5) is 18.7. The van der Waals surface area contributed by atoms with E-state index in [-0.39, 0.29) is 12.7 Å². The standard InChI is InChI=1S/C20H29N3O4/c1-15(2)13-25-20(21-8-11-23-9-4-3-5-10-23)22-19(24)16-6-7-17-18(12-16)27-14-26-17/h6-7,12,15H,3-5,8-11,13-14H2,1-2H3,(H,21,22,24)/p+1. The molecule has 0 atom stereocenters. The van der Waals surface area contributed by atoms with Crippen LogP contribution < -0.4 is 19.7 Å². The highest BCUT2D eigenvalue weighted by atomic mass is 16.7. The highest BCUT2D eigenvalue weighted by Gasteiger charge is 2.18. The van der Waals surface area contributed by atoms with Crippen LogP contribution >= 0.6 is 0 Å². The van der Waals surface area contributed by atoms with Crippen LogP contribution in [0.4, 0.5) is 0 Å². The molecular weight excluding hydrogens is 346 g/mol. The Kier molecular flexibility index (Phi) is 6.92. The first kappa shape index (κ1) is 19.5. The number of aliphatic imine (C=N–C) groups is 1. The maximum Gasteiger partial charge on any atom is 0.291 e. The molecule has 0 bridgehead atoms. The minimum Gasteiger partial charge on any atom is -0.465 e. The van der Waals surface area contributed by atoms with Crippen LogP contribution in [0, 0.1) is 5.92 Å². The van der Waals surface area contributed by atoms with Crippen LogP contribution in [0.2, 0.25) is 0 Å². The number of fused-ring (bicyclic) bond motifs is 1. The summed E-state index contributed by atoms with van der Waals surface area (Å²) >= 11 is 0. The number of nitrogens with one attached hydrogen (secondary N) is 2. The first-order chi connectivity index (χ1) is 13.1. The topological polar surface area (TPSA) is 73.6 Å². The Morgan fingerprint density at radius 3 is 2.78 bits per heavy atom. The van der Waals surface area contributed by atoms with E-state index in [1.54, 1.807) is 23.1 Å². The number of hydrogen-bond acceptors (Lipinski definition) is 5. The van der Waals surface area contributed by atoms with Crippen molar-refractivity contribution >= 4 is 11.9 Å². The van der Waals surface area contributed by atoms with Gasteiger partial charge in [0, 0.05) is 5.56 Å². The van der Waals surface area contributed by atoms with Crippen LogP contribution in [-0.4, -0.2) is 51.5 Å². The molecule has 7 nitrogen and oxygen atoms in total. The molecule has 2 N–H and O–H groups in total. The second-order valence-electron chi connectivity index (χ2n) is 7.47. The molecule has 1 fully saturated rings. The second-order valence-corrected chi connectivity index (χ2v) is 7.47. The molecule has 0 saturated carbocycles. The molecule has 0 unspecified atom stereocenters. The number of likely N-dealkylation sites (tertiary alicyclic amines) is 1. The van der Waals surface area contributed by atoms with Gasteiger partial charge in [0.1, 0.15) is 0 Å². The molecule has 0 spiro atoms. The van der Waals surface area contributed by atoms with Crippen molar-refractivity contribution in [3.63, 3.8) is 0 Å². The molecule has 0 aromatic heterocycles. The lowest BCUT2D eigenvalue weighted by molar-refractivity contribution is -0.903. The highest BCUT2D eigenvalue weighted by molar-refractivity contribution is 6.04. The number of rotatable bonds is 6. The van der Waals surface area contributed by atoms with E-state index < -0.39 is 0 Å². The minimum atomic E-state index is -0.263. The Morgan fingerprint density at radius 2 is 2.00 bits per heavy atom. The molecule has 2 aliphatic heterocycles. The van der Waals surface area contributed by atoms with Crippen LogP contribution in [-0.2, 0) is 4.74 Å². The first-order valence-corrected chi connectivity index (χ1v) is 9.83. The predicted octanol–water partition coefficient (Wildman–Crippen LogP) is 1.24. The summed E-state index contributed by atoms with van der Waals surface area (Å²) in [6, 6.07) is 5.42. The first-order valence-electron chi connectivity index (χ1n) is 9.83. The lowest BCUT2D eigenvalue weighted by atomic mass is 10.1. The Labute approximate surface area is 160 Å². The number of hydrogen-bond donors (Lipinski definition) is 2. The van der Waals surface area contributed by atoms with Gasteiger partial charge < -0.3 is 19.1 Å². The molecule has 27 heavy (non-hydrogen) atoms. The van der Waals surface area contributed by atoms with Crippen LogP contribution in [0.1, 0.15) is 43.5 Å². The van der Waals surface area contributed by atoms with Crippen molar-refractivity contribution in [2.45, 2.75) is 33.1 Å². The summed E-state index contributed by atoms with van der Waals surface area (Å²) < 4.78 is 16.4. The average molecular weight is 376 g/mol. The summed E-state index contributed by atoms with van der Waals surface area (Å²) in [7, 11) is 0. The minimum absolute atomic E-state index is 0.184. The third-order valence-corrected chi connectivity index (χ3v) is 4.69. The van der Waals surface area contributed by atoms with Crippen molar-refractivity contribution in [3.8, 4) is 11.5 Å². The molecule has 148 valence electrons. The molecule has 1 aromatic carbocycles. The molecule has 3 rings (SSSR count). The number of carbonyl (C=O) groups excluding carboxylic acids is 1. The lowest BCUT2D eigenvalue weighted by Crippen LogP contribution is -3.13. The largest absolute Gasteiger partial charge is 0.465 e. The SMILES string of the molecule is CC(C)COC(=NCC[NH+]1CCCCC1)NC(=O)c1ccc2c(c1)OCO2. The predicted molar refractivity (Wildman–Crippen MR) is 103 cm³/mol. The quantitative estimate of drug-likeness (QED) is 0.579. The van der Waals surface area contributed by atoms with Crippen LogP contribution in [0.3, 0.4) is 0 Å². The molecule has 1 saturated heterocycles. The van der Waals surface area contributed by atoms with E-state index >= 15 is 0 Å². The number of benzene rings is 1. The fourth-order valence-corrected chi connectivity index (χ4v) is 3.19. The molecule has 1 aromatic rings. The third kappa shape index (κ3) is 5.85. The van der Waals surface area contributed by atoms with Crippen molar-refractivity contribution in [2.24, 2.45) is 10.9 Å². The number of piperidine rings is 1. The Hall–Kier alpha value is -2.28. The Bertz CT molecular complexity index is 669. The molecule has 0 radical (unpaired) electrons. The van der Waals surface area contributed by atoms with Gasteiger partial charge in [-0.15, -0.1) is 0 Å². The maximum absolute atomic E-state index is 12.6. The fraction of sp³-hybridized carbons (Fsp3) is 0.600. The van der Waals surface area contributed by atoms with Gasteiger partial charge in [-0.3, -0.25) is 10.1 Å². The van der Waals surface area contributed by atoms with Gasteiger partial charge in [-0.05, 0) is 43.4 Å². The average Bonchev–Trinajstić information content (AvgIpc) is 3.14. The maximum atomic E-state index is 12.6. The molecule has 0 aliphatic carbocycles. The summed E-state index contributed by atoms with van der Waals surface area (Å²) in [5.74, 6) is 1.32. The summed E-state index contributed by atoms with van der Waals surface area (Å²) in [5, 5.41) is 2.80. The van der Waals surface area contributed by atoms with E-state index in [0.29, 0.717) is 42.2 Å². The number of ether oxygens (including phenoxy) is 3. The molecule has 7 heteroatoms. The van der Waals surface area contributed by atoms with Gasteiger partial charge in [0.15, 0.2) is 11.5 Å². The van der Waals surface area contributed by atoms with E-state index in [4.69, 9.17) is 14.2 Å². The summed E-state index contributed by atoms with van der Waals surface area (Å²) in [5.41, 5.74) is 0.488. The highest BCUT2D eigenvalue weighted by Crippen LogP contribution is 2.32. The number of amides is 1. The zero-order valence-corrected chi connectivity index (χ0v) is 16.3. The van der Waals surface area contributed by atoms with Crippen molar-refractivity contribution in [1.82, 2.24) is 5.32 Å². The van der Waals surface area contributed by atoms with Gasteiger partial charge in [0.25, 0.3) is 11.9 Å². The zero-order chi connectivity index (χ0) is 19.1. The van der Waals surface area contributed by atoms with Gasteiger partial charge >= 0.3 is 0 Å². The second kappa shape index (κ2) is 9.60. The number of amidine groups is 1.